The molecular weight excluding hydrogens is 436 g/mol. The van der Waals surface area contributed by atoms with E-state index in [9.17, 15) is 4.79 Å². The molecule has 0 radical (unpaired) electrons. The van der Waals surface area contributed by atoms with E-state index in [1.54, 1.807) is 10.9 Å². The van der Waals surface area contributed by atoms with Gasteiger partial charge in [0.25, 0.3) is 0 Å². The minimum Gasteiger partial charge on any atom is -0.308 e. The summed E-state index contributed by atoms with van der Waals surface area (Å²) in [6, 6.07) is 20.6. The van der Waals surface area contributed by atoms with Crippen molar-refractivity contribution in [1.29, 1.82) is 0 Å². The number of carbonyl (C=O) groups excluding carboxylic acids is 1. The highest BCUT2D eigenvalue weighted by molar-refractivity contribution is 5.96. The number of pyridine rings is 1. The number of nitrogens with zero attached hydrogens (tertiary/aromatic N) is 5. The van der Waals surface area contributed by atoms with Gasteiger partial charge in [-0.3, -0.25) is 9.48 Å². The van der Waals surface area contributed by atoms with Crippen LogP contribution >= 0.6 is 0 Å². The fourth-order valence-corrected chi connectivity index (χ4v) is 4.40. The van der Waals surface area contributed by atoms with Gasteiger partial charge < -0.3 is 5.32 Å². The predicted molar refractivity (Wildman–Crippen MR) is 138 cm³/mol. The maximum absolute atomic E-state index is 12.9. The molecule has 7 nitrogen and oxygen atoms in total. The lowest BCUT2D eigenvalue weighted by atomic mass is 10.0. The molecule has 176 valence electrons. The Morgan fingerprint density at radius 1 is 0.886 bits per heavy atom. The Hall–Kier alpha value is -4.26. The molecule has 0 bridgehead atoms. The average Bonchev–Trinajstić information content (AvgIpc) is 3.32. The van der Waals surface area contributed by atoms with E-state index in [0.29, 0.717) is 18.0 Å². The maximum Gasteiger partial charge on any atom is 0.247 e. The lowest BCUT2D eigenvalue weighted by molar-refractivity contribution is -0.116. The molecule has 1 amide bonds. The number of fused-ring (bicyclic) bond motifs is 1. The molecule has 2 aromatic carbocycles. The van der Waals surface area contributed by atoms with Gasteiger partial charge in [-0.2, -0.15) is 10.2 Å². The summed E-state index contributed by atoms with van der Waals surface area (Å²) in [5.41, 5.74) is 8.26. The third-order valence-electron chi connectivity index (χ3n) is 6.13. The van der Waals surface area contributed by atoms with Gasteiger partial charge in [0.2, 0.25) is 5.91 Å². The summed E-state index contributed by atoms with van der Waals surface area (Å²) < 4.78 is 3.56. The molecule has 35 heavy (non-hydrogen) atoms. The van der Waals surface area contributed by atoms with E-state index in [1.807, 2.05) is 36.7 Å². The average molecular weight is 465 g/mol. The van der Waals surface area contributed by atoms with Crippen molar-refractivity contribution in [2.75, 3.05) is 5.32 Å². The molecule has 0 aliphatic rings. The van der Waals surface area contributed by atoms with Crippen molar-refractivity contribution >= 4 is 22.8 Å². The first kappa shape index (κ1) is 22.5. The van der Waals surface area contributed by atoms with Gasteiger partial charge in [0.05, 0.1) is 12.2 Å². The Labute approximate surface area is 204 Å². The van der Waals surface area contributed by atoms with Crippen LogP contribution in [-0.2, 0) is 17.9 Å². The van der Waals surface area contributed by atoms with E-state index in [2.05, 4.69) is 76.8 Å². The Balaban J connectivity index is 1.35. The van der Waals surface area contributed by atoms with Gasteiger partial charge in [0.1, 0.15) is 6.54 Å². The number of carbonyl (C=O) groups is 1. The summed E-state index contributed by atoms with van der Waals surface area (Å²) in [6.07, 6.45) is 1.77. The van der Waals surface area contributed by atoms with Crippen molar-refractivity contribution in [3.63, 3.8) is 0 Å². The number of amides is 1. The topological polar surface area (TPSA) is 77.6 Å². The van der Waals surface area contributed by atoms with Crippen LogP contribution in [0.2, 0.25) is 0 Å². The van der Waals surface area contributed by atoms with E-state index in [4.69, 9.17) is 0 Å². The number of benzene rings is 2. The van der Waals surface area contributed by atoms with Crippen LogP contribution in [0, 0.1) is 27.7 Å². The SMILES string of the molecule is Cc1ccc(-c2ccnc3c2c(C)nn3CC(=O)Nc2cc(C)n(Cc3cccc(C)c3)n2)cc1. The largest absolute Gasteiger partial charge is 0.308 e. The predicted octanol–water partition coefficient (Wildman–Crippen LogP) is 5.22. The Bertz CT molecular complexity index is 1530. The van der Waals surface area contributed by atoms with E-state index in [-0.39, 0.29) is 12.5 Å². The minimum absolute atomic E-state index is 0.0540. The van der Waals surface area contributed by atoms with Crippen molar-refractivity contribution in [2.24, 2.45) is 0 Å². The first-order chi connectivity index (χ1) is 16.9. The second kappa shape index (κ2) is 9.18. The zero-order valence-electron chi connectivity index (χ0n) is 20.4. The summed E-state index contributed by atoms with van der Waals surface area (Å²) in [5, 5.41) is 13.1. The Morgan fingerprint density at radius 2 is 1.69 bits per heavy atom. The highest BCUT2D eigenvalue weighted by Gasteiger charge is 2.17. The van der Waals surface area contributed by atoms with Gasteiger partial charge in [0.15, 0.2) is 11.5 Å². The van der Waals surface area contributed by atoms with E-state index in [1.165, 1.54) is 16.7 Å². The molecule has 0 aliphatic carbocycles. The van der Waals surface area contributed by atoms with Gasteiger partial charge in [-0.05, 0) is 50.5 Å². The van der Waals surface area contributed by atoms with Crippen LogP contribution in [0.3, 0.4) is 0 Å². The van der Waals surface area contributed by atoms with Crippen molar-refractivity contribution in [1.82, 2.24) is 24.5 Å². The molecular formula is C28H28N6O. The number of nitrogens with one attached hydrogen (secondary N) is 1. The van der Waals surface area contributed by atoms with Crippen LogP contribution in [-0.4, -0.2) is 30.5 Å². The molecule has 1 N–H and O–H groups in total. The minimum atomic E-state index is -0.197. The van der Waals surface area contributed by atoms with Gasteiger partial charge in [-0.1, -0.05) is 59.7 Å². The van der Waals surface area contributed by atoms with Crippen molar-refractivity contribution < 1.29 is 4.79 Å². The van der Waals surface area contributed by atoms with Gasteiger partial charge in [-0.25, -0.2) is 9.67 Å². The van der Waals surface area contributed by atoms with Crippen LogP contribution in [0.5, 0.6) is 0 Å². The lowest BCUT2D eigenvalue weighted by Gasteiger charge is -2.06. The molecule has 5 rings (SSSR count). The summed E-state index contributed by atoms with van der Waals surface area (Å²) in [6.45, 7) is 8.79. The zero-order chi connectivity index (χ0) is 24.5. The highest BCUT2D eigenvalue weighted by atomic mass is 16.2. The number of rotatable bonds is 6. The third-order valence-corrected chi connectivity index (χ3v) is 6.13. The molecule has 0 fully saturated rings. The number of hydrogen-bond acceptors (Lipinski definition) is 4. The third kappa shape index (κ3) is 4.71. The van der Waals surface area contributed by atoms with Gasteiger partial charge in [0, 0.05) is 23.3 Å². The number of aryl methyl sites for hydroxylation is 4. The summed E-state index contributed by atoms with van der Waals surface area (Å²) in [7, 11) is 0. The standard InChI is InChI=1S/C28H28N6O/c1-18-8-10-23(11-9-18)24-12-13-29-28-27(24)21(4)31-34(28)17-26(35)30-25-15-20(3)33(32-25)16-22-7-5-6-19(2)14-22/h5-15H,16-17H2,1-4H3,(H,30,32,35). The molecule has 0 saturated carbocycles. The van der Waals surface area contributed by atoms with E-state index in [0.717, 1.165) is 27.9 Å². The number of anilines is 1. The number of aromatic nitrogens is 5. The first-order valence-corrected chi connectivity index (χ1v) is 11.7. The Kier molecular flexibility index (Phi) is 5.91. The molecule has 7 heteroatoms. The molecule has 0 unspecified atom stereocenters. The molecule has 3 heterocycles. The van der Waals surface area contributed by atoms with Crippen LogP contribution in [0.1, 0.15) is 28.1 Å². The molecule has 3 aromatic heterocycles. The second-order valence-corrected chi connectivity index (χ2v) is 9.03. The van der Waals surface area contributed by atoms with Crippen molar-refractivity contribution in [2.45, 2.75) is 40.8 Å². The van der Waals surface area contributed by atoms with Crippen LogP contribution < -0.4 is 5.32 Å². The normalized spacial score (nSPS) is 11.2. The maximum atomic E-state index is 12.9. The summed E-state index contributed by atoms with van der Waals surface area (Å²) >= 11 is 0. The molecule has 0 spiro atoms. The molecule has 0 atom stereocenters. The summed E-state index contributed by atoms with van der Waals surface area (Å²) in [5.74, 6) is 0.332. The second-order valence-electron chi connectivity index (χ2n) is 9.03. The van der Waals surface area contributed by atoms with Crippen LogP contribution in [0.4, 0.5) is 5.82 Å². The molecule has 5 aromatic rings. The highest BCUT2D eigenvalue weighted by Crippen LogP contribution is 2.30. The monoisotopic (exact) mass is 464 g/mol. The fraction of sp³-hybridized carbons (Fsp3) is 0.214. The van der Waals surface area contributed by atoms with Crippen LogP contribution in [0.25, 0.3) is 22.2 Å². The van der Waals surface area contributed by atoms with E-state index < -0.39 is 0 Å². The van der Waals surface area contributed by atoms with Gasteiger partial charge in [-0.15, -0.1) is 0 Å². The summed E-state index contributed by atoms with van der Waals surface area (Å²) in [4.78, 5) is 17.4. The lowest BCUT2D eigenvalue weighted by Crippen LogP contribution is -2.20. The quantitative estimate of drug-likeness (QED) is 0.374. The fourth-order valence-electron chi connectivity index (χ4n) is 4.40. The van der Waals surface area contributed by atoms with E-state index >= 15 is 0 Å². The smallest absolute Gasteiger partial charge is 0.247 e. The Morgan fingerprint density at radius 3 is 2.46 bits per heavy atom. The van der Waals surface area contributed by atoms with Gasteiger partial charge >= 0.3 is 0 Å². The van der Waals surface area contributed by atoms with Crippen molar-refractivity contribution in [3.05, 3.63) is 94.9 Å². The van der Waals surface area contributed by atoms with Crippen LogP contribution in [0.15, 0.2) is 66.9 Å². The zero-order valence-corrected chi connectivity index (χ0v) is 20.4. The number of hydrogen-bond donors (Lipinski definition) is 1. The van der Waals surface area contributed by atoms with Crippen molar-refractivity contribution in [3.8, 4) is 11.1 Å². The molecule has 0 saturated heterocycles. The first-order valence-electron chi connectivity index (χ1n) is 11.7. The molecule has 0 aliphatic heterocycles.